The fraction of sp³-hybridized carbons (Fsp3) is 0. The molecule has 1 aromatic rings. The van der Waals surface area contributed by atoms with Gasteiger partial charge < -0.3 is 0 Å². The summed E-state index contributed by atoms with van der Waals surface area (Å²) in [5, 5.41) is -0.143. The van der Waals surface area contributed by atoms with E-state index in [9.17, 15) is 12.8 Å². The lowest BCUT2D eigenvalue weighted by Gasteiger charge is -2.02. The van der Waals surface area contributed by atoms with Gasteiger partial charge in [0.1, 0.15) is 5.82 Å². The molecule has 0 atom stereocenters. The Labute approximate surface area is 79.5 Å². The molecule has 7 heteroatoms. The molecule has 0 spiro atoms. The number of hydrogen-bond acceptors (Lipinski definition) is 3. The van der Waals surface area contributed by atoms with E-state index in [1.54, 1.807) is 4.83 Å². The molecule has 3 N–H and O–H groups in total. The van der Waals surface area contributed by atoms with Crippen LogP contribution >= 0.6 is 11.6 Å². The van der Waals surface area contributed by atoms with Crippen LogP contribution in [0.2, 0.25) is 5.02 Å². The van der Waals surface area contributed by atoms with Crippen molar-refractivity contribution in [3.8, 4) is 0 Å². The van der Waals surface area contributed by atoms with Crippen molar-refractivity contribution in [3.05, 3.63) is 29.0 Å². The highest BCUT2D eigenvalue weighted by Gasteiger charge is 2.13. The molecule has 72 valence electrons. The minimum Gasteiger partial charge on any atom is -0.257 e. The van der Waals surface area contributed by atoms with Crippen LogP contribution in [0.1, 0.15) is 0 Å². The van der Waals surface area contributed by atoms with Crippen LogP contribution in [0.25, 0.3) is 0 Å². The molecule has 0 bridgehead atoms. The molecule has 0 aliphatic carbocycles. The van der Waals surface area contributed by atoms with Gasteiger partial charge in [-0.05, 0) is 18.2 Å². The van der Waals surface area contributed by atoms with Crippen LogP contribution in [-0.2, 0) is 10.0 Å². The highest BCUT2D eigenvalue weighted by molar-refractivity contribution is 7.89. The van der Waals surface area contributed by atoms with E-state index in [0.717, 1.165) is 18.2 Å². The van der Waals surface area contributed by atoms with Crippen molar-refractivity contribution in [2.75, 3.05) is 0 Å². The molecule has 0 aliphatic heterocycles. The first kappa shape index (κ1) is 10.4. The smallest absolute Gasteiger partial charge is 0.253 e. The van der Waals surface area contributed by atoms with Gasteiger partial charge in [0.2, 0.25) is 0 Å². The Hall–Kier alpha value is -0.690. The van der Waals surface area contributed by atoms with Crippen LogP contribution in [0.5, 0.6) is 0 Å². The Morgan fingerprint density at radius 1 is 1.46 bits per heavy atom. The van der Waals surface area contributed by atoms with Crippen molar-refractivity contribution in [3.63, 3.8) is 0 Å². The van der Waals surface area contributed by atoms with E-state index in [4.69, 9.17) is 17.4 Å². The first-order chi connectivity index (χ1) is 5.97. The van der Waals surface area contributed by atoms with E-state index in [1.807, 2.05) is 0 Å². The largest absolute Gasteiger partial charge is 0.257 e. The third-order valence-corrected chi connectivity index (χ3v) is 2.85. The normalized spacial score (nSPS) is 11.6. The zero-order valence-corrected chi connectivity index (χ0v) is 7.86. The van der Waals surface area contributed by atoms with E-state index in [-0.39, 0.29) is 9.92 Å². The third kappa shape index (κ3) is 2.16. The second-order valence-electron chi connectivity index (χ2n) is 2.20. The van der Waals surface area contributed by atoms with E-state index < -0.39 is 15.8 Å². The molecular formula is C6H6ClFN2O2S. The molecular weight excluding hydrogens is 219 g/mol. The van der Waals surface area contributed by atoms with Crippen molar-refractivity contribution in [2.24, 2.45) is 5.84 Å². The summed E-state index contributed by atoms with van der Waals surface area (Å²) in [4.78, 5) is 1.30. The number of halogens is 2. The maximum Gasteiger partial charge on any atom is 0.253 e. The summed E-state index contributed by atoms with van der Waals surface area (Å²) in [6.45, 7) is 0. The van der Waals surface area contributed by atoms with E-state index in [2.05, 4.69) is 0 Å². The molecule has 0 saturated carbocycles. The summed E-state index contributed by atoms with van der Waals surface area (Å²) in [7, 11) is -3.81. The molecule has 0 amide bonds. The highest BCUT2D eigenvalue weighted by atomic mass is 35.5. The molecule has 0 radical (unpaired) electrons. The van der Waals surface area contributed by atoms with Crippen molar-refractivity contribution in [2.45, 2.75) is 4.90 Å². The number of benzene rings is 1. The van der Waals surface area contributed by atoms with Crippen molar-refractivity contribution in [1.82, 2.24) is 4.83 Å². The topological polar surface area (TPSA) is 72.2 Å². The number of sulfonamides is 1. The Kier molecular flexibility index (Phi) is 2.87. The van der Waals surface area contributed by atoms with Gasteiger partial charge in [0.25, 0.3) is 10.0 Å². The van der Waals surface area contributed by atoms with E-state index in [1.165, 1.54) is 0 Å². The third-order valence-electron chi connectivity index (χ3n) is 1.36. The van der Waals surface area contributed by atoms with E-state index in [0.29, 0.717) is 0 Å². The minimum absolute atomic E-state index is 0.143. The second kappa shape index (κ2) is 3.59. The maximum atomic E-state index is 12.8. The van der Waals surface area contributed by atoms with E-state index >= 15 is 0 Å². The summed E-state index contributed by atoms with van der Waals surface area (Å²) in [6, 6.07) is 3.08. The average Bonchev–Trinajstić information content (AvgIpc) is 2.09. The average molecular weight is 225 g/mol. The van der Waals surface area contributed by atoms with Crippen LogP contribution < -0.4 is 10.7 Å². The zero-order chi connectivity index (χ0) is 10.1. The summed E-state index contributed by atoms with van der Waals surface area (Å²) < 4.78 is 34.8. The monoisotopic (exact) mass is 224 g/mol. The summed E-state index contributed by atoms with van der Waals surface area (Å²) in [5.74, 6) is 3.93. The number of hydrazine groups is 1. The standard InChI is InChI=1S/C6H6ClFN2O2S/c7-5-2-1-4(3-6(5)8)13(11,12)10-9/h1-3,10H,9H2. The fourth-order valence-corrected chi connectivity index (χ4v) is 1.47. The van der Waals surface area contributed by atoms with Gasteiger partial charge in [0.05, 0.1) is 9.92 Å². The molecule has 0 saturated heterocycles. The van der Waals surface area contributed by atoms with Crippen LogP contribution in [0.15, 0.2) is 23.1 Å². The van der Waals surface area contributed by atoms with Gasteiger partial charge in [-0.1, -0.05) is 11.6 Å². The van der Waals surface area contributed by atoms with Crippen LogP contribution in [-0.4, -0.2) is 8.42 Å². The Morgan fingerprint density at radius 2 is 2.08 bits per heavy atom. The molecule has 13 heavy (non-hydrogen) atoms. The maximum absolute atomic E-state index is 12.8. The number of nitrogens with two attached hydrogens (primary N) is 1. The Balaban J connectivity index is 3.27. The number of nitrogens with one attached hydrogen (secondary N) is 1. The predicted molar refractivity (Wildman–Crippen MR) is 45.9 cm³/mol. The minimum atomic E-state index is -3.81. The summed E-state index contributed by atoms with van der Waals surface area (Å²) in [5.41, 5.74) is 0. The molecule has 0 aliphatic rings. The first-order valence-electron chi connectivity index (χ1n) is 3.15. The lowest BCUT2D eigenvalue weighted by molar-refractivity contribution is 0.580. The fourth-order valence-electron chi connectivity index (χ4n) is 0.712. The highest BCUT2D eigenvalue weighted by Crippen LogP contribution is 2.17. The van der Waals surface area contributed by atoms with Crippen molar-refractivity contribution < 1.29 is 12.8 Å². The zero-order valence-electron chi connectivity index (χ0n) is 6.29. The van der Waals surface area contributed by atoms with Crippen LogP contribution in [0.3, 0.4) is 0 Å². The number of rotatable bonds is 2. The lowest BCUT2D eigenvalue weighted by atomic mass is 10.3. The second-order valence-corrected chi connectivity index (χ2v) is 4.32. The van der Waals surface area contributed by atoms with Gasteiger partial charge in [0.15, 0.2) is 0 Å². The molecule has 0 aromatic heterocycles. The van der Waals surface area contributed by atoms with Crippen molar-refractivity contribution >= 4 is 21.6 Å². The molecule has 0 unspecified atom stereocenters. The summed E-state index contributed by atoms with van der Waals surface area (Å²) in [6.07, 6.45) is 0. The molecule has 1 rings (SSSR count). The Bertz CT molecular complexity index is 421. The lowest BCUT2D eigenvalue weighted by Crippen LogP contribution is -2.30. The molecule has 4 nitrogen and oxygen atoms in total. The van der Waals surface area contributed by atoms with Gasteiger partial charge in [-0.3, -0.25) is 5.84 Å². The molecule has 1 aromatic carbocycles. The van der Waals surface area contributed by atoms with Gasteiger partial charge in [-0.25, -0.2) is 12.8 Å². The van der Waals surface area contributed by atoms with Gasteiger partial charge >= 0.3 is 0 Å². The molecule has 0 heterocycles. The van der Waals surface area contributed by atoms with Crippen LogP contribution in [0, 0.1) is 5.82 Å². The quantitative estimate of drug-likeness (QED) is 0.572. The number of hydrogen-bond donors (Lipinski definition) is 2. The van der Waals surface area contributed by atoms with Crippen LogP contribution in [0.4, 0.5) is 4.39 Å². The van der Waals surface area contributed by atoms with Gasteiger partial charge in [-0.15, -0.1) is 0 Å². The summed E-state index contributed by atoms with van der Waals surface area (Å²) >= 11 is 5.35. The first-order valence-corrected chi connectivity index (χ1v) is 5.01. The predicted octanol–water partition coefficient (Wildman–Crippen LogP) is 0.631. The SMILES string of the molecule is NNS(=O)(=O)c1ccc(Cl)c(F)c1. The molecule has 0 fully saturated rings. The van der Waals surface area contributed by atoms with Gasteiger partial charge in [0, 0.05) is 0 Å². The Morgan fingerprint density at radius 3 is 2.54 bits per heavy atom. The van der Waals surface area contributed by atoms with Crippen molar-refractivity contribution in [1.29, 1.82) is 0 Å². The van der Waals surface area contributed by atoms with Gasteiger partial charge in [-0.2, -0.15) is 4.83 Å².